The van der Waals surface area contributed by atoms with Crippen LogP contribution in [0.25, 0.3) is 0 Å². The Labute approximate surface area is 164 Å². The normalized spacial score (nSPS) is 12.5. The zero-order chi connectivity index (χ0) is 20.9. The molecule has 1 atom stereocenters. The van der Waals surface area contributed by atoms with E-state index in [2.05, 4.69) is 25.7 Å². The van der Waals surface area contributed by atoms with Crippen molar-refractivity contribution in [3.05, 3.63) is 23.8 Å². The van der Waals surface area contributed by atoms with Crippen molar-refractivity contribution in [2.45, 2.75) is 52.8 Å². The van der Waals surface area contributed by atoms with Gasteiger partial charge in [-0.1, -0.05) is 19.1 Å². The van der Waals surface area contributed by atoms with Gasteiger partial charge >= 0.3 is 6.61 Å². The summed E-state index contributed by atoms with van der Waals surface area (Å²) in [6.07, 6.45) is 1.16. The summed E-state index contributed by atoms with van der Waals surface area (Å²) in [5.41, 5.74) is 0.503. The Kier molecular flexibility index (Phi) is 10.7. The number of rotatable bonds is 11. The lowest BCUT2D eigenvalue weighted by atomic mass is 10.2. The van der Waals surface area contributed by atoms with Gasteiger partial charge in [-0.25, -0.2) is 0 Å². The fraction of sp³-hybridized carbons (Fsp3) is 0.579. The first kappa shape index (κ1) is 23.5. The number of halogens is 2. The minimum atomic E-state index is -2.96. The number of guanidine groups is 1. The van der Waals surface area contributed by atoms with Gasteiger partial charge in [-0.2, -0.15) is 8.78 Å². The molecule has 0 aliphatic carbocycles. The fourth-order valence-corrected chi connectivity index (χ4v) is 2.34. The predicted octanol–water partition coefficient (Wildman–Crippen LogP) is 2.66. The van der Waals surface area contributed by atoms with E-state index in [1.54, 1.807) is 32.2 Å². The number of nitrogens with one attached hydrogen (secondary N) is 3. The predicted molar refractivity (Wildman–Crippen MR) is 105 cm³/mol. The molecule has 9 heteroatoms. The SMILES string of the molecule is CCOc1cccc(CNC(=NC)NCCC(=O)NC(C)CC)c1OC(F)F. The van der Waals surface area contributed by atoms with E-state index in [-0.39, 0.29) is 30.0 Å². The van der Waals surface area contributed by atoms with Crippen LogP contribution in [0.15, 0.2) is 23.2 Å². The van der Waals surface area contributed by atoms with Gasteiger partial charge in [0, 0.05) is 38.2 Å². The number of amides is 1. The first-order valence-electron chi connectivity index (χ1n) is 9.34. The zero-order valence-electron chi connectivity index (χ0n) is 16.9. The lowest BCUT2D eigenvalue weighted by Crippen LogP contribution is -2.40. The smallest absolute Gasteiger partial charge is 0.387 e. The van der Waals surface area contributed by atoms with Gasteiger partial charge in [-0.15, -0.1) is 0 Å². The number of alkyl halides is 2. The van der Waals surface area contributed by atoms with E-state index in [0.717, 1.165) is 6.42 Å². The van der Waals surface area contributed by atoms with Gasteiger partial charge in [0.05, 0.1) is 6.61 Å². The third-order valence-electron chi connectivity index (χ3n) is 3.90. The van der Waals surface area contributed by atoms with Crippen LogP contribution < -0.4 is 25.4 Å². The summed E-state index contributed by atoms with van der Waals surface area (Å²) in [6, 6.07) is 5.08. The molecule has 1 amide bonds. The van der Waals surface area contributed by atoms with Gasteiger partial charge in [0.25, 0.3) is 0 Å². The van der Waals surface area contributed by atoms with Gasteiger partial charge in [0.2, 0.25) is 5.91 Å². The van der Waals surface area contributed by atoms with Gasteiger partial charge in [-0.3, -0.25) is 9.79 Å². The van der Waals surface area contributed by atoms with Crippen molar-refractivity contribution >= 4 is 11.9 Å². The van der Waals surface area contributed by atoms with E-state index in [0.29, 0.717) is 31.1 Å². The lowest BCUT2D eigenvalue weighted by molar-refractivity contribution is -0.121. The molecule has 1 aromatic rings. The average Bonchev–Trinajstić information content (AvgIpc) is 2.66. The average molecular weight is 400 g/mol. The summed E-state index contributed by atoms with van der Waals surface area (Å²) in [4.78, 5) is 15.9. The van der Waals surface area contributed by atoms with Crippen LogP contribution in [-0.2, 0) is 11.3 Å². The number of nitrogens with zero attached hydrogens (tertiary/aromatic N) is 1. The highest BCUT2D eigenvalue weighted by Gasteiger charge is 2.16. The van der Waals surface area contributed by atoms with Crippen molar-refractivity contribution in [3.8, 4) is 11.5 Å². The Bertz CT molecular complexity index is 642. The molecule has 3 N–H and O–H groups in total. The van der Waals surface area contributed by atoms with Crippen molar-refractivity contribution in [1.29, 1.82) is 0 Å². The second-order valence-corrected chi connectivity index (χ2v) is 6.04. The molecule has 0 saturated carbocycles. The van der Waals surface area contributed by atoms with Gasteiger partial charge < -0.3 is 25.4 Å². The van der Waals surface area contributed by atoms with Crippen LogP contribution in [0.1, 0.15) is 39.2 Å². The summed E-state index contributed by atoms with van der Waals surface area (Å²) in [6.45, 7) is 3.67. The Balaban J connectivity index is 2.63. The minimum Gasteiger partial charge on any atom is -0.490 e. The summed E-state index contributed by atoms with van der Waals surface area (Å²) in [5.74, 6) is 0.650. The summed E-state index contributed by atoms with van der Waals surface area (Å²) in [7, 11) is 1.59. The van der Waals surface area contributed by atoms with Crippen LogP contribution in [0.2, 0.25) is 0 Å². The van der Waals surface area contributed by atoms with E-state index in [1.165, 1.54) is 0 Å². The Hall–Kier alpha value is -2.58. The van der Waals surface area contributed by atoms with Crippen molar-refractivity contribution in [2.24, 2.45) is 4.99 Å². The largest absolute Gasteiger partial charge is 0.490 e. The van der Waals surface area contributed by atoms with Crippen molar-refractivity contribution in [1.82, 2.24) is 16.0 Å². The maximum atomic E-state index is 12.8. The molecular formula is C19H30F2N4O3. The van der Waals surface area contributed by atoms with Crippen LogP contribution in [0, 0.1) is 0 Å². The zero-order valence-corrected chi connectivity index (χ0v) is 16.9. The molecule has 158 valence electrons. The maximum absolute atomic E-state index is 12.8. The Morgan fingerprint density at radius 3 is 2.61 bits per heavy atom. The molecule has 0 aliphatic heterocycles. The molecule has 0 saturated heterocycles. The quantitative estimate of drug-likeness (QED) is 0.393. The minimum absolute atomic E-state index is 0.00441. The first-order chi connectivity index (χ1) is 13.4. The van der Waals surface area contributed by atoms with E-state index in [4.69, 9.17) is 4.74 Å². The highest BCUT2D eigenvalue weighted by molar-refractivity contribution is 5.81. The van der Waals surface area contributed by atoms with Crippen LogP contribution in [0.4, 0.5) is 8.78 Å². The molecule has 0 bridgehead atoms. The third kappa shape index (κ3) is 8.41. The van der Waals surface area contributed by atoms with Crippen molar-refractivity contribution in [2.75, 3.05) is 20.2 Å². The van der Waals surface area contributed by atoms with Gasteiger partial charge in [0.15, 0.2) is 17.5 Å². The Morgan fingerprint density at radius 1 is 1.25 bits per heavy atom. The monoisotopic (exact) mass is 400 g/mol. The molecule has 0 heterocycles. The second kappa shape index (κ2) is 12.7. The van der Waals surface area contributed by atoms with Crippen LogP contribution >= 0.6 is 0 Å². The molecular weight excluding hydrogens is 370 g/mol. The molecule has 1 aromatic carbocycles. The molecule has 0 aliphatic rings. The van der Waals surface area contributed by atoms with Crippen LogP contribution in [0.3, 0.4) is 0 Å². The highest BCUT2D eigenvalue weighted by atomic mass is 19.3. The van der Waals surface area contributed by atoms with Crippen molar-refractivity contribution < 1.29 is 23.0 Å². The first-order valence-corrected chi connectivity index (χ1v) is 9.34. The van der Waals surface area contributed by atoms with E-state index < -0.39 is 6.61 Å². The summed E-state index contributed by atoms with van der Waals surface area (Å²) < 4.78 is 35.6. The molecule has 7 nitrogen and oxygen atoms in total. The summed E-state index contributed by atoms with van der Waals surface area (Å²) >= 11 is 0. The summed E-state index contributed by atoms with van der Waals surface area (Å²) in [5, 5.41) is 8.92. The van der Waals surface area contributed by atoms with E-state index in [9.17, 15) is 13.6 Å². The topological polar surface area (TPSA) is 84.0 Å². The molecule has 0 radical (unpaired) electrons. The standard InChI is InChI=1S/C19H30F2N4O3/c1-5-13(3)25-16(26)10-11-23-19(22-4)24-12-14-8-7-9-15(27-6-2)17(14)28-18(20)21/h7-9,13,18H,5-6,10-12H2,1-4H3,(H,25,26)(H2,22,23,24). The lowest BCUT2D eigenvalue weighted by Gasteiger charge is -2.17. The van der Waals surface area contributed by atoms with Crippen molar-refractivity contribution in [3.63, 3.8) is 0 Å². The molecule has 1 rings (SSSR count). The van der Waals surface area contributed by atoms with Gasteiger partial charge in [-0.05, 0) is 26.3 Å². The number of aliphatic imine (C=N–C) groups is 1. The van der Waals surface area contributed by atoms with E-state index in [1.807, 2.05) is 13.8 Å². The number of hydrogen-bond acceptors (Lipinski definition) is 4. The van der Waals surface area contributed by atoms with Crippen LogP contribution in [-0.4, -0.2) is 44.7 Å². The van der Waals surface area contributed by atoms with Gasteiger partial charge in [0.1, 0.15) is 0 Å². The van der Waals surface area contributed by atoms with E-state index >= 15 is 0 Å². The number of hydrogen-bond donors (Lipinski definition) is 3. The highest BCUT2D eigenvalue weighted by Crippen LogP contribution is 2.32. The number of carbonyl (C=O) groups is 1. The number of carbonyl (C=O) groups excluding carboxylic acids is 1. The van der Waals surface area contributed by atoms with Crippen LogP contribution in [0.5, 0.6) is 11.5 Å². The molecule has 0 spiro atoms. The maximum Gasteiger partial charge on any atom is 0.387 e. The molecule has 28 heavy (non-hydrogen) atoms. The fourth-order valence-electron chi connectivity index (χ4n) is 2.34. The number of para-hydroxylation sites is 1. The third-order valence-corrected chi connectivity index (χ3v) is 3.90. The molecule has 1 unspecified atom stereocenters. The second-order valence-electron chi connectivity index (χ2n) is 6.04. The number of ether oxygens (including phenoxy) is 2. The Morgan fingerprint density at radius 2 is 2.00 bits per heavy atom. The molecule has 0 fully saturated rings. The number of benzene rings is 1. The molecule has 0 aromatic heterocycles.